The summed E-state index contributed by atoms with van der Waals surface area (Å²) in [6.45, 7) is 3.31. The van der Waals surface area contributed by atoms with E-state index < -0.39 is 12.0 Å². The summed E-state index contributed by atoms with van der Waals surface area (Å²) in [5.74, 6) is -0.525. The van der Waals surface area contributed by atoms with Gasteiger partial charge < -0.3 is 10.4 Å². The second-order valence-electron chi connectivity index (χ2n) is 6.53. The molecule has 8 heteroatoms. The van der Waals surface area contributed by atoms with Crippen molar-refractivity contribution in [3.63, 3.8) is 0 Å². The standard InChI is InChI=1S/C19H24F2N4OS/c1-27-19-16(21)12-23-18(24-19)15(13-2-4-14(20)5-3-13)6-7-17(26)25-10-8-22-9-11-25/h2-5,12,15,17,22,26H,6-11H2,1H3. The first-order chi connectivity index (χ1) is 13.1. The van der Waals surface area contributed by atoms with E-state index in [4.69, 9.17) is 0 Å². The van der Waals surface area contributed by atoms with Gasteiger partial charge in [-0.3, -0.25) is 4.90 Å². The smallest absolute Gasteiger partial charge is 0.173 e. The Balaban J connectivity index is 1.80. The van der Waals surface area contributed by atoms with Crippen LogP contribution >= 0.6 is 11.8 Å². The van der Waals surface area contributed by atoms with E-state index in [1.807, 2.05) is 4.90 Å². The number of thioether (sulfide) groups is 1. The van der Waals surface area contributed by atoms with Gasteiger partial charge in [0.05, 0.1) is 6.20 Å². The van der Waals surface area contributed by atoms with Gasteiger partial charge in [-0.05, 0) is 36.8 Å². The van der Waals surface area contributed by atoms with E-state index in [2.05, 4.69) is 15.3 Å². The van der Waals surface area contributed by atoms with E-state index >= 15 is 0 Å². The predicted octanol–water partition coefficient (Wildman–Crippen LogP) is 2.61. The van der Waals surface area contributed by atoms with Crippen LogP contribution in [0, 0.1) is 11.6 Å². The van der Waals surface area contributed by atoms with Crippen molar-refractivity contribution >= 4 is 11.8 Å². The zero-order chi connectivity index (χ0) is 19.2. The second kappa shape index (κ2) is 9.54. The number of piperazine rings is 1. The molecule has 0 saturated carbocycles. The van der Waals surface area contributed by atoms with Crippen molar-refractivity contribution in [3.8, 4) is 0 Å². The molecule has 5 nitrogen and oxygen atoms in total. The molecule has 3 rings (SSSR count). The SMILES string of the molecule is CSc1nc(C(CCC(O)N2CCNCC2)c2ccc(F)cc2)ncc1F. The van der Waals surface area contributed by atoms with Gasteiger partial charge in [-0.2, -0.15) is 0 Å². The number of rotatable bonds is 7. The Morgan fingerprint density at radius 3 is 2.56 bits per heavy atom. The van der Waals surface area contributed by atoms with Crippen molar-refractivity contribution in [1.29, 1.82) is 0 Å². The fourth-order valence-electron chi connectivity index (χ4n) is 3.29. The number of nitrogens with one attached hydrogen (secondary N) is 1. The first kappa shape index (κ1) is 20.1. The van der Waals surface area contributed by atoms with E-state index in [0.29, 0.717) is 18.7 Å². The lowest BCUT2D eigenvalue weighted by atomic mass is 9.92. The Morgan fingerprint density at radius 2 is 1.89 bits per heavy atom. The minimum Gasteiger partial charge on any atom is -0.378 e. The molecule has 27 heavy (non-hydrogen) atoms. The lowest BCUT2D eigenvalue weighted by Crippen LogP contribution is -2.48. The van der Waals surface area contributed by atoms with Gasteiger partial charge in [0.2, 0.25) is 0 Å². The number of aromatic nitrogens is 2. The Morgan fingerprint density at radius 1 is 1.19 bits per heavy atom. The molecular formula is C19H24F2N4OS. The number of hydrogen-bond donors (Lipinski definition) is 2. The summed E-state index contributed by atoms with van der Waals surface area (Å²) in [4.78, 5) is 10.6. The molecular weight excluding hydrogens is 370 g/mol. The van der Waals surface area contributed by atoms with Gasteiger partial charge in [0, 0.05) is 32.1 Å². The molecule has 0 amide bonds. The van der Waals surface area contributed by atoms with Gasteiger partial charge in [0.15, 0.2) is 5.82 Å². The number of benzene rings is 1. The van der Waals surface area contributed by atoms with Crippen molar-refractivity contribution in [2.45, 2.75) is 30.0 Å². The molecule has 0 bridgehead atoms. The summed E-state index contributed by atoms with van der Waals surface area (Å²) in [7, 11) is 0. The van der Waals surface area contributed by atoms with Crippen LogP contribution in [-0.2, 0) is 0 Å². The molecule has 1 saturated heterocycles. The molecule has 2 unspecified atom stereocenters. The highest BCUT2D eigenvalue weighted by atomic mass is 32.2. The molecule has 146 valence electrons. The molecule has 1 fully saturated rings. The Hall–Kier alpha value is -1.61. The monoisotopic (exact) mass is 394 g/mol. The fraction of sp³-hybridized carbons (Fsp3) is 0.474. The summed E-state index contributed by atoms with van der Waals surface area (Å²) in [5, 5.41) is 14.1. The lowest BCUT2D eigenvalue weighted by molar-refractivity contribution is -0.0111. The number of aliphatic hydroxyl groups excluding tert-OH is 1. The molecule has 1 aromatic carbocycles. The molecule has 0 aliphatic carbocycles. The lowest BCUT2D eigenvalue weighted by Gasteiger charge is -2.32. The molecule has 1 aliphatic heterocycles. The van der Waals surface area contributed by atoms with Gasteiger partial charge >= 0.3 is 0 Å². The number of halogens is 2. The van der Waals surface area contributed by atoms with Gasteiger partial charge in [-0.25, -0.2) is 18.7 Å². The minimum absolute atomic E-state index is 0.241. The van der Waals surface area contributed by atoms with Crippen molar-refractivity contribution in [2.75, 3.05) is 32.4 Å². The summed E-state index contributed by atoms with van der Waals surface area (Å²) in [5.41, 5.74) is 0.850. The molecule has 1 aromatic heterocycles. The van der Waals surface area contributed by atoms with Gasteiger partial charge in [0.1, 0.15) is 22.9 Å². The quantitative estimate of drug-likeness (QED) is 0.556. The molecule has 1 aliphatic rings. The number of aliphatic hydroxyl groups is 1. The second-order valence-corrected chi connectivity index (χ2v) is 7.33. The normalized spacial score (nSPS) is 17.6. The Labute approximate surface area is 162 Å². The van der Waals surface area contributed by atoms with Crippen LogP contribution in [0.25, 0.3) is 0 Å². The average molecular weight is 394 g/mol. The molecule has 2 heterocycles. The third-order valence-corrected chi connectivity index (χ3v) is 5.47. The first-order valence-corrected chi connectivity index (χ1v) is 10.3. The third kappa shape index (κ3) is 5.22. The summed E-state index contributed by atoms with van der Waals surface area (Å²) in [6, 6.07) is 6.19. The molecule has 0 radical (unpaired) electrons. The van der Waals surface area contributed by atoms with Gasteiger partial charge in [0.25, 0.3) is 0 Å². The predicted molar refractivity (Wildman–Crippen MR) is 102 cm³/mol. The topological polar surface area (TPSA) is 61.3 Å². The number of nitrogens with zero attached hydrogens (tertiary/aromatic N) is 3. The van der Waals surface area contributed by atoms with Crippen LogP contribution in [-0.4, -0.2) is 58.6 Å². The van der Waals surface area contributed by atoms with E-state index in [1.54, 1.807) is 18.4 Å². The third-order valence-electron chi connectivity index (χ3n) is 4.79. The maximum absolute atomic E-state index is 13.8. The van der Waals surface area contributed by atoms with Crippen LogP contribution in [0.2, 0.25) is 0 Å². The van der Waals surface area contributed by atoms with Crippen molar-refractivity contribution in [1.82, 2.24) is 20.2 Å². The van der Waals surface area contributed by atoms with E-state index in [-0.39, 0.29) is 16.8 Å². The van der Waals surface area contributed by atoms with Crippen LogP contribution in [0.5, 0.6) is 0 Å². The maximum Gasteiger partial charge on any atom is 0.173 e. The molecule has 2 atom stereocenters. The van der Waals surface area contributed by atoms with Crippen LogP contribution in [0.3, 0.4) is 0 Å². The average Bonchev–Trinajstić information content (AvgIpc) is 2.71. The summed E-state index contributed by atoms with van der Waals surface area (Å²) < 4.78 is 27.1. The molecule has 2 aromatic rings. The Kier molecular flexibility index (Phi) is 7.12. The fourth-order valence-corrected chi connectivity index (χ4v) is 3.73. The zero-order valence-corrected chi connectivity index (χ0v) is 16.1. The highest BCUT2D eigenvalue weighted by Crippen LogP contribution is 2.29. The first-order valence-electron chi connectivity index (χ1n) is 9.03. The van der Waals surface area contributed by atoms with Crippen LogP contribution < -0.4 is 5.32 Å². The number of hydrogen-bond acceptors (Lipinski definition) is 6. The van der Waals surface area contributed by atoms with Crippen LogP contribution in [0.1, 0.15) is 30.1 Å². The maximum atomic E-state index is 13.8. The van der Waals surface area contributed by atoms with Gasteiger partial charge in [-0.1, -0.05) is 12.1 Å². The minimum atomic E-state index is -0.560. The van der Waals surface area contributed by atoms with Gasteiger partial charge in [-0.15, -0.1) is 11.8 Å². The van der Waals surface area contributed by atoms with E-state index in [0.717, 1.165) is 31.7 Å². The highest BCUT2D eigenvalue weighted by Gasteiger charge is 2.23. The van der Waals surface area contributed by atoms with Crippen molar-refractivity contribution < 1.29 is 13.9 Å². The van der Waals surface area contributed by atoms with Crippen LogP contribution in [0.4, 0.5) is 8.78 Å². The zero-order valence-electron chi connectivity index (χ0n) is 15.2. The molecule has 0 spiro atoms. The van der Waals surface area contributed by atoms with E-state index in [1.165, 1.54) is 30.1 Å². The van der Waals surface area contributed by atoms with Crippen LogP contribution in [0.15, 0.2) is 35.5 Å². The van der Waals surface area contributed by atoms with Crippen molar-refractivity contribution in [2.24, 2.45) is 0 Å². The van der Waals surface area contributed by atoms with E-state index in [9.17, 15) is 13.9 Å². The summed E-state index contributed by atoms with van der Waals surface area (Å²) in [6.07, 6.45) is 3.48. The Bertz CT molecular complexity index is 741. The largest absolute Gasteiger partial charge is 0.378 e. The molecule has 2 N–H and O–H groups in total. The van der Waals surface area contributed by atoms with Crippen molar-refractivity contribution in [3.05, 3.63) is 53.5 Å². The highest BCUT2D eigenvalue weighted by molar-refractivity contribution is 7.98. The summed E-state index contributed by atoms with van der Waals surface area (Å²) >= 11 is 1.22.